The van der Waals surface area contributed by atoms with Crippen LogP contribution in [0, 0.1) is 24.2 Å². The Balaban J connectivity index is 1.68. The minimum absolute atomic E-state index is 0.144. The summed E-state index contributed by atoms with van der Waals surface area (Å²) in [6.45, 7) is 3.27. The second-order valence-electron chi connectivity index (χ2n) is 5.50. The van der Waals surface area contributed by atoms with Gasteiger partial charge >= 0.3 is 0 Å². The summed E-state index contributed by atoms with van der Waals surface area (Å²) in [6.07, 6.45) is 1.92. The average Bonchev–Trinajstić information content (AvgIpc) is 3.06. The van der Waals surface area contributed by atoms with Gasteiger partial charge in [-0.15, -0.1) is 0 Å². The Hall–Kier alpha value is -2.39. The van der Waals surface area contributed by atoms with E-state index >= 15 is 0 Å². The Labute approximate surface area is 123 Å². The SMILES string of the molecule is Cc1cc(C[C@@H]2CN(c3ccc(C#N)cn3)C[C@H]2O)n[nH]1. The lowest BCUT2D eigenvalue weighted by atomic mass is 10.0. The highest BCUT2D eigenvalue weighted by molar-refractivity contribution is 5.43. The fraction of sp³-hybridized carbons (Fsp3) is 0.400. The Morgan fingerprint density at radius 2 is 2.33 bits per heavy atom. The lowest BCUT2D eigenvalue weighted by Gasteiger charge is -2.16. The number of hydrogen-bond donors (Lipinski definition) is 2. The highest BCUT2D eigenvalue weighted by Crippen LogP contribution is 2.25. The van der Waals surface area contributed by atoms with Crippen LogP contribution in [0.25, 0.3) is 0 Å². The van der Waals surface area contributed by atoms with Gasteiger partial charge in [0.2, 0.25) is 0 Å². The van der Waals surface area contributed by atoms with Crippen molar-refractivity contribution in [3.05, 3.63) is 41.3 Å². The predicted octanol–water partition coefficient (Wildman–Crippen LogP) is 1.02. The number of aryl methyl sites for hydroxylation is 1. The van der Waals surface area contributed by atoms with E-state index in [0.717, 1.165) is 30.2 Å². The number of aromatic nitrogens is 3. The van der Waals surface area contributed by atoms with Gasteiger partial charge in [-0.3, -0.25) is 5.10 Å². The van der Waals surface area contributed by atoms with Gasteiger partial charge in [0.1, 0.15) is 11.9 Å². The zero-order valence-electron chi connectivity index (χ0n) is 11.8. The van der Waals surface area contributed by atoms with E-state index in [0.29, 0.717) is 12.1 Å². The van der Waals surface area contributed by atoms with Crippen LogP contribution in [0.5, 0.6) is 0 Å². The Kier molecular flexibility index (Phi) is 3.59. The predicted molar refractivity (Wildman–Crippen MR) is 77.7 cm³/mol. The molecule has 3 rings (SSSR count). The fourth-order valence-corrected chi connectivity index (χ4v) is 2.73. The third-order valence-electron chi connectivity index (χ3n) is 3.84. The second-order valence-corrected chi connectivity index (χ2v) is 5.50. The van der Waals surface area contributed by atoms with E-state index in [1.807, 2.05) is 19.1 Å². The molecule has 2 atom stereocenters. The Morgan fingerprint density at radius 3 is 2.95 bits per heavy atom. The molecule has 2 aromatic rings. The number of H-pyrrole nitrogens is 1. The van der Waals surface area contributed by atoms with Gasteiger partial charge in [0.05, 0.1) is 17.4 Å². The molecular weight excluding hydrogens is 266 g/mol. The number of nitrogens with zero attached hydrogens (tertiary/aromatic N) is 4. The van der Waals surface area contributed by atoms with Crippen molar-refractivity contribution >= 4 is 5.82 Å². The summed E-state index contributed by atoms with van der Waals surface area (Å²) in [4.78, 5) is 6.33. The molecule has 0 unspecified atom stereocenters. The molecule has 0 aromatic carbocycles. The standard InChI is InChI=1S/C15H17N5O/c1-10-4-13(19-18-10)5-12-8-20(9-14(12)21)15-3-2-11(6-16)7-17-15/h2-4,7,12,14,21H,5,8-9H2,1H3,(H,18,19)/t12-,14-/m1/s1. The van der Waals surface area contributed by atoms with E-state index in [4.69, 9.17) is 5.26 Å². The van der Waals surface area contributed by atoms with Crippen molar-refractivity contribution < 1.29 is 5.11 Å². The number of rotatable bonds is 3. The summed E-state index contributed by atoms with van der Waals surface area (Å²) in [7, 11) is 0. The minimum Gasteiger partial charge on any atom is -0.391 e. The topological polar surface area (TPSA) is 88.8 Å². The number of anilines is 1. The number of aliphatic hydroxyl groups is 1. The normalized spacial score (nSPS) is 21.5. The molecule has 0 aliphatic carbocycles. The molecule has 0 saturated carbocycles. The molecule has 1 aliphatic heterocycles. The number of aliphatic hydroxyl groups excluding tert-OH is 1. The molecule has 2 N–H and O–H groups in total. The molecule has 0 bridgehead atoms. The quantitative estimate of drug-likeness (QED) is 0.878. The summed E-state index contributed by atoms with van der Waals surface area (Å²) >= 11 is 0. The van der Waals surface area contributed by atoms with Crippen LogP contribution in [-0.4, -0.2) is 39.5 Å². The molecule has 6 nitrogen and oxygen atoms in total. The van der Waals surface area contributed by atoms with Crippen LogP contribution >= 0.6 is 0 Å². The molecule has 3 heterocycles. The first kappa shape index (κ1) is 13.6. The van der Waals surface area contributed by atoms with Gasteiger partial charge in [-0.2, -0.15) is 10.4 Å². The van der Waals surface area contributed by atoms with Crippen molar-refractivity contribution in [3.63, 3.8) is 0 Å². The van der Waals surface area contributed by atoms with Crippen LogP contribution in [-0.2, 0) is 6.42 Å². The summed E-state index contributed by atoms with van der Waals surface area (Å²) < 4.78 is 0. The van der Waals surface area contributed by atoms with Crippen LogP contribution in [0.4, 0.5) is 5.82 Å². The van der Waals surface area contributed by atoms with Crippen LogP contribution in [0.1, 0.15) is 17.0 Å². The third kappa shape index (κ3) is 2.88. The van der Waals surface area contributed by atoms with E-state index in [-0.39, 0.29) is 12.0 Å². The summed E-state index contributed by atoms with van der Waals surface area (Å²) in [5, 5.41) is 26.2. The second kappa shape index (κ2) is 5.54. The van der Waals surface area contributed by atoms with E-state index < -0.39 is 0 Å². The number of nitriles is 1. The van der Waals surface area contributed by atoms with Crippen molar-refractivity contribution in [2.45, 2.75) is 19.4 Å². The number of nitrogens with one attached hydrogen (secondary N) is 1. The maximum Gasteiger partial charge on any atom is 0.128 e. The molecule has 21 heavy (non-hydrogen) atoms. The molecule has 6 heteroatoms. The number of hydrogen-bond acceptors (Lipinski definition) is 5. The van der Waals surface area contributed by atoms with Gasteiger partial charge in [0, 0.05) is 30.9 Å². The number of aromatic amines is 1. The summed E-state index contributed by atoms with van der Waals surface area (Å²) in [5.41, 5.74) is 2.55. The van der Waals surface area contributed by atoms with Gasteiger partial charge in [-0.1, -0.05) is 0 Å². The monoisotopic (exact) mass is 283 g/mol. The average molecular weight is 283 g/mol. The lowest BCUT2D eigenvalue weighted by molar-refractivity contribution is 0.148. The first-order chi connectivity index (χ1) is 10.2. The van der Waals surface area contributed by atoms with E-state index in [9.17, 15) is 5.11 Å². The molecule has 108 valence electrons. The van der Waals surface area contributed by atoms with Gasteiger partial charge in [-0.05, 0) is 31.5 Å². The molecule has 1 saturated heterocycles. The van der Waals surface area contributed by atoms with Gasteiger partial charge < -0.3 is 10.0 Å². The molecular formula is C15H17N5O. The minimum atomic E-state index is -0.389. The molecule has 1 fully saturated rings. The van der Waals surface area contributed by atoms with Crippen molar-refractivity contribution in [3.8, 4) is 6.07 Å². The van der Waals surface area contributed by atoms with Crippen molar-refractivity contribution in [1.82, 2.24) is 15.2 Å². The summed E-state index contributed by atoms with van der Waals surface area (Å²) in [5.74, 6) is 0.943. The Morgan fingerprint density at radius 1 is 1.48 bits per heavy atom. The van der Waals surface area contributed by atoms with Crippen LogP contribution in [0.15, 0.2) is 24.4 Å². The Bertz CT molecular complexity index is 657. The van der Waals surface area contributed by atoms with E-state index in [2.05, 4.69) is 26.2 Å². The van der Waals surface area contributed by atoms with Crippen molar-refractivity contribution in [2.75, 3.05) is 18.0 Å². The maximum atomic E-state index is 10.2. The zero-order valence-corrected chi connectivity index (χ0v) is 11.8. The molecule has 0 spiro atoms. The van der Waals surface area contributed by atoms with Crippen LogP contribution in [0.2, 0.25) is 0 Å². The molecule has 2 aromatic heterocycles. The smallest absolute Gasteiger partial charge is 0.128 e. The van der Waals surface area contributed by atoms with Gasteiger partial charge in [0.25, 0.3) is 0 Å². The first-order valence-electron chi connectivity index (χ1n) is 6.96. The van der Waals surface area contributed by atoms with Crippen LogP contribution in [0.3, 0.4) is 0 Å². The third-order valence-corrected chi connectivity index (χ3v) is 3.84. The van der Waals surface area contributed by atoms with Gasteiger partial charge in [0.15, 0.2) is 0 Å². The number of pyridine rings is 1. The lowest BCUT2D eigenvalue weighted by Crippen LogP contribution is -2.21. The van der Waals surface area contributed by atoms with Crippen molar-refractivity contribution in [1.29, 1.82) is 5.26 Å². The van der Waals surface area contributed by atoms with E-state index in [1.54, 1.807) is 12.3 Å². The van der Waals surface area contributed by atoms with Gasteiger partial charge in [-0.25, -0.2) is 4.98 Å². The van der Waals surface area contributed by atoms with Crippen LogP contribution < -0.4 is 4.90 Å². The highest BCUT2D eigenvalue weighted by atomic mass is 16.3. The zero-order chi connectivity index (χ0) is 14.8. The molecule has 0 radical (unpaired) electrons. The largest absolute Gasteiger partial charge is 0.391 e. The number of β-amino-alcohol motifs (C(OH)–C–C–N with tert-alkyl or cyclic N) is 1. The van der Waals surface area contributed by atoms with E-state index in [1.165, 1.54) is 0 Å². The highest BCUT2D eigenvalue weighted by Gasteiger charge is 2.32. The maximum absolute atomic E-state index is 10.2. The molecule has 0 amide bonds. The first-order valence-corrected chi connectivity index (χ1v) is 6.96. The molecule has 1 aliphatic rings. The fourth-order valence-electron chi connectivity index (χ4n) is 2.73. The van der Waals surface area contributed by atoms with Crippen molar-refractivity contribution in [2.24, 2.45) is 5.92 Å². The summed E-state index contributed by atoms with van der Waals surface area (Å²) in [6, 6.07) is 7.64.